The fourth-order valence-electron chi connectivity index (χ4n) is 0.872. The maximum absolute atomic E-state index is 12.4. The normalized spacial score (nSPS) is 15.1. The Kier molecular flexibility index (Phi) is 2.16. The van der Waals surface area contributed by atoms with Gasteiger partial charge in [0.25, 0.3) is 0 Å². The van der Waals surface area contributed by atoms with E-state index in [2.05, 4.69) is 9.72 Å². The first kappa shape index (κ1) is 7.94. The Morgan fingerprint density at radius 1 is 1.47 bits per heavy atom. The summed E-state index contributed by atoms with van der Waals surface area (Å²) in [6.07, 6.45) is -4.86. The van der Waals surface area contributed by atoms with Gasteiger partial charge in [-0.25, -0.2) is 4.98 Å². The van der Waals surface area contributed by atoms with Gasteiger partial charge in [-0.2, -0.15) is 13.2 Å². The maximum Gasteiger partial charge on any atom is 0.488 e. The van der Waals surface area contributed by atoms with Crippen molar-refractivity contribution in [3.8, 4) is 5.88 Å². The van der Waals surface area contributed by atoms with Gasteiger partial charge in [0.2, 0.25) is 5.88 Å². The molecule has 0 aromatic carbocycles. The molecule has 0 bridgehead atoms. The number of nitrogens with zero attached hydrogens (tertiary/aromatic N) is 1. The first-order chi connectivity index (χ1) is 7.99. The molecule has 0 atom stereocenters. The number of methoxy groups -OCH3 is 1. The highest BCUT2D eigenvalue weighted by atomic mass is 19.4. The average Bonchev–Trinajstić information content (AvgIpc) is 2.12. The zero-order chi connectivity index (χ0) is 14.1. The molecule has 0 aliphatic heterocycles. The summed E-state index contributed by atoms with van der Waals surface area (Å²) in [5, 5.41) is 17.6. The second-order valence-electron chi connectivity index (χ2n) is 2.60. The monoisotopic (exact) mass is 224 g/mol. The van der Waals surface area contributed by atoms with Crippen LogP contribution in [0, 0.1) is 0 Å². The Hall–Kier alpha value is -1.28. The number of halogens is 3. The van der Waals surface area contributed by atoms with E-state index in [1.165, 1.54) is 0 Å². The van der Waals surface area contributed by atoms with Gasteiger partial charge in [-0.05, 0) is 11.5 Å². The molecule has 2 N–H and O–H groups in total. The van der Waals surface area contributed by atoms with Crippen LogP contribution in [0.3, 0.4) is 0 Å². The molecule has 0 saturated heterocycles. The molecule has 1 heterocycles. The summed E-state index contributed by atoms with van der Waals surface area (Å²) in [5.41, 5.74) is -2.05. The van der Waals surface area contributed by atoms with Gasteiger partial charge in [0.15, 0.2) is 0 Å². The Bertz CT molecular complexity index is 438. The third kappa shape index (κ3) is 2.83. The zero-order valence-corrected chi connectivity index (χ0v) is 7.12. The lowest BCUT2D eigenvalue weighted by molar-refractivity contribution is -0.141. The van der Waals surface area contributed by atoms with Gasteiger partial charge in [0.1, 0.15) is 5.69 Å². The third-order valence-corrected chi connectivity index (χ3v) is 1.52. The predicted molar refractivity (Wildman–Crippen MR) is 45.6 cm³/mol. The van der Waals surface area contributed by atoms with E-state index in [-0.39, 0.29) is 0 Å². The summed E-state index contributed by atoms with van der Waals surface area (Å²) in [6, 6.07) is 1.09. The average molecular weight is 224 g/mol. The molecular weight excluding hydrogens is 214 g/mol. The van der Waals surface area contributed by atoms with E-state index in [0.29, 0.717) is 12.1 Å². The second-order valence-corrected chi connectivity index (χ2v) is 2.60. The summed E-state index contributed by atoms with van der Waals surface area (Å²) >= 11 is 0. The molecule has 4 nitrogen and oxygen atoms in total. The molecule has 0 fully saturated rings. The van der Waals surface area contributed by atoms with Crippen molar-refractivity contribution in [2.45, 2.75) is 6.18 Å². The maximum atomic E-state index is 12.4. The lowest BCUT2D eigenvalue weighted by atomic mass is 9.80. The van der Waals surface area contributed by atoms with Gasteiger partial charge < -0.3 is 14.8 Å². The van der Waals surface area contributed by atoms with Gasteiger partial charge in [-0.15, -0.1) is 0 Å². The minimum absolute atomic E-state index is 0.386. The molecule has 0 spiro atoms. The molecule has 0 aliphatic rings. The largest absolute Gasteiger partial charge is 0.488 e. The summed E-state index contributed by atoms with van der Waals surface area (Å²) in [4.78, 5) is 2.94. The number of rotatable bonds is 2. The third-order valence-electron chi connectivity index (χ3n) is 1.52. The van der Waals surface area contributed by atoms with Crippen LogP contribution in [0.15, 0.2) is 12.1 Å². The van der Waals surface area contributed by atoms with Crippen molar-refractivity contribution in [1.29, 1.82) is 0 Å². The van der Waals surface area contributed by atoms with E-state index in [4.69, 9.17) is 14.2 Å². The van der Waals surface area contributed by atoms with Crippen LogP contribution in [-0.4, -0.2) is 29.2 Å². The molecule has 1 aromatic rings. The molecule has 0 radical (unpaired) electrons. The quantitative estimate of drug-likeness (QED) is 0.682. The Balaban J connectivity index is 3.23. The van der Waals surface area contributed by atoms with E-state index in [9.17, 15) is 13.2 Å². The van der Waals surface area contributed by atoms with Crippen LogP contribution in [0.25, 0.3) is 0 Å². The first-order valence-electron chi connectivity index (χ1n) is 5.13. The van der Waals surface area contributed by atoms with E-state index >= 15 is 0 Å². The van der Waals surface area contributed by atoms with Gasteiger partial charge in [-0.3, -0.25) is 0 Å². The highest BCUT2D eigenvalue weighted by molar-refractivity contribution is 6.58. The van der Waals surface area contributed by atoms with Crippen LogP contribution in [0.4, 0.5) is 13.2 Å². The smallest absolute Gasteiger partial charge is 0.481 e. The highest BCUT2D eigenvalue weighted by Gasteiger charge is 2.34. The van der Waals surface area contributed by atoms with Crippen LogP contribution in [0.5, 0.6) is 5.88 Å². The van der Waals surface area contributed by atoms with Crippen molar-refractivity contribution in [2.75, 3.05) is 7.04 Å². The van der Waals surface area contributed by atoms with Crippen LogP contribution in [0.2, 0.25) is 0 Å². The number of ether oxygens (including phenoxy) is 1. The molecule has 0 unspecified atom stereocenters. The van der Waals surface area contributed by atoms with Gasteiger partial charge in [0.05, 0.1) is 11.2 Å². The number of alkyl halides is 3. The standard InChI is InChI=1S/C7H7BF3NO3/c1-15-6-3-4(8(13)14)2-5(12-6)7(9,10)11/h2-3,13-14H,1H3/i1D3. The molecule has 8 heteroatoms. The Morgan fingerprint density at radius 2 is 2.13 bits per heavy atom. The van der Waals surface area contributed by atoms with E-state index in [0.717, 1.165) is 0 Å². The number of hydrogen-bond donors (Lipinski definition) is 2. The topological polar surface area (TPSA) is 62.6 Å². The van der Waals surface area contributed by atoms with Crippen molar-refractivity contribution in [1.82, 2.24) is 4.98 Å². The zero-order valence-electron chi connectivity index (χ0n) is 10.1. The highest BCUT2D eigenvalue weighted by Crippen LogP contribution is 2.28. The van der Waals surface area contributed by atoms with Crippen molar-refractivity contribution < 1.29 is 32.1 Å². The SMILES string of the molecule is [2H]C([2H])([2H])Oc1cc(B(O)O)cc(C(F)(F)F)n1. The van der Waals surface area contributed by atoms with Crippen LogP contribution < -0.4 is 10.2 Å². The number of pyridine rings is 1. The fraction of sp³-hybridized carbons (Fsp3) is 0.286. The minimum Gasteiger partial charge on any atom is -0.481 e. The molecule has 82 valence electrons. The van der Waals surface area contributed by atoms with E-state index in [1.807, 2.05) is 0 Å². The lowest BCUT2D eigenvalue weighted by Gasteiger charge is -2.09. The van der Waals surface area contributed by atoms with Gasteiger partial charge >= 0.3 is 13.3 Å². The summed E-state index contributed by atoms with van der Waals surface area (Å²) in [6.45, 7) is 0. The molecule has 1 rings (SSSR count). The minimum atomic E-state index is -4.86. The Labute approximate surface area is 87.7 Å². The molecule has 0 aliphatic carbocycles. The first-order valence-corrected chi connectivity index (χ1v) is 3.63. The Morgan fingerprint density at radius 3 is 2.60 bits per heavy atom. The summed E-state index contributed by atoms with van der Waals surface area (Å²) < 4.78 is 61.7. The van der Waals surface area contributed by atoms with Crippen molar-refractivity contribution in [2.24, 2.45) is 0 Å². The lowest BCUT2D eigenvalue weighted by Crippen LogP contribution is -2.31. The molecule has 0 saturated carbocycles. The fourth-order valence-corrected chi connectivity index (χ4v) is 0.872. The molecule has 0 amide bonds. The van der Waals surface area contributed by atoms with Crippen LogP contribution >= 0.6 is 0 Å². The summed E-state index contributed by atoms with van der Waals surface area (Å²) in [5.74, 6) is -0.868. The second kappa shape index (κ2) is 4.07. The van der Waals surface area contributed by atoms with E-state index < -0.39 is 37.4 Å². The van der Waals surface area contributed by atoms with Gasteiger partial charge in [-0.1, -0.05) is 0 Å². The van der Waals surface area contributed by atoms with Crippen molar-refractivity contribution in [3.63, 3.8) is 0 Å². The van der Waals surface area contributed by atoms with Crippen molar-refractivity contribution >= 4 is 12.6 Å². The molecule has 1 aromatic heterocycles. The predicted octanol–water partition coefficient (Wildman–Crippen LogP) is -0.211. The number of aromatic nitrogens is 1. The van der Waals surface area contributed by atoms with Crippen molar-refractivity contribution in [3.05, 3.63) is 17.8 Å². The van der Waals surface area contributed by atoms with Gasteiger partial charge in [0, 0.05) is 6.07 Å². The number of hydrogen-bond acceptors (Lipinski definition) is 4. The summed E-state index contributed by atoms with van der Waals surface area (Å²) in [7, 11) is -5.19. The van der Waals surface area contributed by atoms with Crippen LogP contribution in [-0.2, 0) is 6.18 Å². The van der Waals surface area contributed by atoms with E-state index in [1.54, 1.807) is 0 Å². The molecule has 15 heavy (non-hydrogen) atoms. The molecular formula is C7H7BF3NO3. The van der Waals surface area contributed by atoms with Crippen LogP contribution in [0.1, 0.15) is 9.81 Å².